The van der Waals surface area contributed by atoms with Crippen LogP contribution in [0.4, 0.5) is 0 Å². The minimum absolute atomic E-state index is 0.0186. The van der Waals surface area contributed by atoms with Gasteiger partial charge < -0.3 is 19.8 Å². The number of carbonyl (C=O) groups is 3. The molecule has 2 heterocycles. The first-order chi connectivity index (χ1) is 16.3. The Hall–Kier alpha value is -3.63. The number of hydrogen-bond donors (Lipinski definition) is 3. The van der Waals surface area contributed by atoms with Gasteiger partial charge in [-0.05, 0) is 25.0 Å². The Balaban J connectivity index is 1.95. The highest BCUT2D eigenvalue weighted by atomic mass is 32.2. The normalized spacial score (nSPS) is 13.1. The van der Waals surface area contributed by atoms with Crippen molar-refractivity contribution in [3.05, 3.63) is 80.3 Å². The molecule has 9 nitrogen and oxygen atoms in total. The van der Waals surface area contributed by atoms with Crippen molar-refractivity contribution in [2.24, 2.45) is 5.90 Å². The summed E-state index contributed by atoms with van der Waals surface area (Å²) in [4.78, 5) is 53.2. The lowest BCUT2D eigenvalue weighted by Gasteiger charge is -2.17. The summed E-state index contributed by atoms with van der Waals surface area (Å²) in [7, 11) is 0. The summed E-state index contributed by atoms with van der Waals surface area (Å²) in [6, 6.07) is 7.47. The number of pyridine rings is 1. The number of nitrogens with two attached hydrogens (primary N) is 1. The molecule has 0 unspecified atom stereocenters. The predicted molar refractivity (Wildman–Crippen MR) is 130 cm³/mol. The first-order valence-corrected chi connectivity index (χ1v) is 11.6. The lowest BCUT2D eigenvalue weighted by molar-refractivity contribution is -0.135. The van der Waals surface area contributed by atoms with E-state index in [1.165, 1.54) is 11.5 Å². The molecule has 10 heteroatoms. The van der Waals surface area contributed by atoms with Crippen LogP contribution in [0.2, 0.25) is 0 Å². The number of benzene rings is 1. The maximum atomic E-state index is 13.3. The van der Waals surface area contributed by atoms with Crippen LogP contribution < -0.4 is 21.6 Å². The number of nitrogens with one attached hydrogen (secondary N) is 1. The maximum Gasteiger partial charge on any atom is 0.322 e. The molecule has 0 saturated heterocycles. The van der Waals surface area contributed by atoms with Crippen molar-refractivity contribution in [3.8, 4) is 5.75 Å². The number of carboxylic acids is 1. The van der Waals surface area contributed by atoms with Crippen LogP contribution in [0.15, 0.2) is 46.8 Å². The average molecular weight is 484 g/mol. The Morgan fingerprint density at radius 2 is 1.94 bits per heavy atom. The highest BCUT2D eigenvalue weighted by Crippen LogP contribution is 2.37. The van der Waals surface area contributed by atoms with E-state index in [4.69, 9.17) is 15.8 Å². The van der Waals surface area contributed by atoms with Crippen LogP contribution in [0.25, 0.3) is 6.08 Å². The third-order valence-corrected chi connectivity index (χ3v) is 6.33. The van der Waals surface area contributed by atoms with Crippen molar-refractivity contribution in [1.82, 2.24) is 9.88 Å². The number of fused-ring (bicyclic) bond motifs is 1. The lowest BCUT2D eigenvalue weighted by Crippen LogP contribution is -2.38. The van der Waals surface area contributed by atoms with Crippen LogP contribution in [-0.2, 0) is 27.6 Å². The van der Waals surface area contributed by atoms with E-state index in [2.05, 4.69) is 5.32 Å². The number of aromatic nitrogens is 1. The van der Waals surface area contributed by atoms with E-state index in [-0.39, 0.29) is 23.6 Å². The molecule has 0 radical (unpaired) electrons. The van der Waals surface area contributed by atoms with Gasteiger partial charge in [-0.1, -0.05) is 42.5 Å². The Morgan fingerprint density at radius 3 is 2.53 bits per heavy atom. The van der Waals surface area contributed by atoms with Gasteiger partial charge in [0.05, 0.1) is 6.54 Å². The van der Waals surface area contributed by atoms with E-state index >= 15 is 0 Å². The number of thioether (sulfide) groups is 1. The molecule has 34 heavy (non-hydrogen) atoms. The van der Waals surface area contributed by atoms with E-state index in [1.54, 1.807) is 30.8 Å². The van der Waals surface area contributed by atoms with Crippen LogP contribution in [-0.4, -0.2) is 33.9 Å². The fraction of sp³-hybridized carbons (Fsp3) is 0.250. The van der Waals surface area contributed by atoms with Gasteiger partial charge in [0.1, 0.15) is 12.1 Å². The maximum absolute atomic E-state index is 13.3. The van der Waals surface area contributed by atoms with Gasteiger partial charge in [-0.3, -0.25) is 19.2 Å². The van der Waals surface area contributed by atoms with Crippen molar-refractivity contribution in [2.45, 2.75) is 31.9 Å². The van der Waals surface area contributed by atoms with Gasteiger partial charge in [-0.25, -0.2) is 0 Å². The SMILES string of the molecule is C/C=C(\C=C/c1ccc(Cn2c3c(c(ON)c(C(=O)NCC(=O)O)c2=O)CSC3)cc1)C(C)=O. The zero-order valence-corrected chi connectivity index (χ0v) is 19.6. The van der Waals surface area contributed by atoms with Gasteiger partial charge in [0.25, 0.3) is 11.5 Å². The molecule has 1 aliphatic rings. The zero-order valence-electron chi connectivity index (χ0n) is 18.8. The molecule has 178 valence electrons. The molecule has 2 aromatic rings. The third-order valence-electron chi connectivity index (χ3n) is 5.36. The number of aliphatic carboxylic acids is 1. The highest BCUT2D eigenvalue weighted by molar-refractivity contribution is 7.98. The summed E-state index contributed by atoms with van der Waals surface area (Å²) < 4.78 is 1.51. The van der Waals surface area contributed by atoms with Crippen molar-refractivity contribution in [1.29, 1.82) is 0 Å². The average Bonchev–Trinajstić information content (AvgIpc) is 3.29. The van der Waals surface area contributed by atoms with Crippen LogP contribution >= 0.6 is 11.8 Å². The van der Waals surface area contributed by atoms with Gasteiger partial charge in [0, 0.05) is 28.3 Å². The van der Waals surface area contributed by atoms with Gasteiger partial charge >= 0.3 is 5.97 Å². The number of rotatable bonds is 9. The van der Waals surface area contributed by atoms with Crippen molar-refractivity contribution in [2.75, 3.05) is 6.54 Å². The molecule has 1 aromatic carbocycles. The minimum Gasteiger partial charge on any atom is -0.480 e. The molecular formula is C24H25N3O6S. The molecule has 3 rings (SSSR count). The molecule has 1 aromatic heterocycles. The second-order valence-corrected chi connectivity index (χ2v) is 8.57. The molecule has 4 N–H and O–H groups in total. The Labute approximate surface area is 200 Å². The summed E-state index contributed by atoms with van der Waals surface area (Å²) in [5, 5.41) is 11.1. The van der Waals surface area contributed by atoms with Gasteiger partial charge in [-0.2, -0.15) is 17.7 Å². The van der Waals surface area contributed by atoms with Crippen LogP contribution in [0, 0.1) is 0 Å². The number of amides is 1. The fourth-order valence-corrected chi connectivity index (χ4v) is 4.75. The first kappa shape index (κ1) is 25.0. The summed E-state index contributed by atoms with van der Waals surface area (Å²) in [5.74, 6) is 4.33. The van der Waals surface area contributed by atoms with E-state index < -0.39 is 24.0 Å². The summed E-state index contributed by atoms with van der Waals surface area (Å²) in [6.07, 6.45) is 5.33. The molecule has 0 fully saturated rings. The monoisotopic (exact) mass is 483 g/mol. The number of carboxylic acid groups (broad SMARTS) is 1. The standard InChI is InChI=1S/C24H25N3O6S/c1-3-17(14(2)28)9-8-15-4-6-16(7-5-15)11-27-19-13-34-12-18(19)22(33-25)21(24(27)32)23(31)26-10-20(29)30/h3-9H,10-13,25H2,1-2H3,(H,26,31)(H,29,30)/b9-8-,17-3+. The van der Waals surface area contributed by atoms with Gasteiger partial charge in [0.15, 0.2) is 11.5 Å². The second kappa shape index (κ2) is 11.0. The quantitative estimate of drug-likeness (QED) is 0.280. The zero-order chi connectivity index (χ0) is 24.8. The van der Waals surface area contributed by atoms with E-state index in [0.717, 1.165) is 11.1 Å². The first-order valence-electron chi connectivity index (χ1n) is 10.4. The Bertz CT molecular complexity index is 1240. The van der Waals surface area contributed by atoms with E-state index in [9.17, 15) is 19.2 Å². The second-order valence-electron chi connectivity index (χ2n) is 7.58. The highest BCUT2D eigenvalue weighted by Gasteiger charge is 2.30. The van der Waals surface area contributed by atoms with Crippen LogP contribution in [0.5, 0.6) is 5.75 Å². The Kier molecular flexibility index (Phi) is 8.08. The topological polar surface area (TPSA) is 141 Å². The Morgan fingerprint density at radius 1 is 1.24 bits per heavy atom. The summed E-state index contributed by atoms with van der Waals surface area (Å²) in [6.45, 7) is 2.88. The number of carbonyl (C=O) groups excluding carboxylic acids is 2. The molecule has 0 bridgehead atoms. The smallest absolute Gasteiger partial charge is 0.322 e. The molecule has 0 atom stereocenters. The van der Waals surface area contributed by atoms with Gasteiger partial charge in [0.2, 0.25) is 0 Å². The number of nitrogens with zero attached hydrogens (tertiary/aromatic N) is 1. The number of Topliss-reactive ketones (excluding diaryl/α,β-unsaturated/α-hetero) is 1. The number of allylic oxidation sites excluding steroid dienone is 3. The molecule has 0 aliphatic carbocycles. The molecule has 0 saturated carbocycles. The predicted octanol–water partition coefficient (Wildman–Crippen LogP) is 2.26. The van der Waals surface area contributed by atoms with Crippen molar-refractivity contribution >= 4 is 35.5 Å². The van der Waals surface area contributed by atoms with Crippen molar-refractivity contribution < 1.29 is 24.3 Å². The van der Waals surface area contributed by atoms with Gasteiger partial charge in [-0.15, -0.1) is 0 Å². The number of ketones is 1. The largest absolute Gasteiger partial charge is 0.480 e. The van der Waals surface area contributed by atoms with Crippen LogP contribution in [0.1, 0.15) is 46.6 Å². The molecular weight excluding hydrogens is 458 g/mol. The molecule has 0 spiro atoms. The summed E-state index contributed by atoms with van der Waals surface area (Å²) in [5.41, 5.74) is 2.77. The summed E-state index contributed by atoms with van der Waals surface area (Å²) >= 11 is 1.56. The minimum atomic E-state index is -1.24. The van der Waals surface area contributed by atoms with Crippen LogP contribution in [0.3, 0.4) is 0 Å². The third kappa shape index (κ3) is 5.46. The lowest BCUT2D eigenvalue weighted by atomic mass is 10.1. The number of hydrogen-bond acceptors (Lipinski definition) is 7. The van der Waals surface area contributed by atoms with Crippen molar-refractivity contribution in [3.63, 3.8) is 0 Å². The fourth-order valence-electron chi connectivity index (χ4n) is 3.62. The van der Waals surface area contributed by atoms with E-state index in [1.807, 2.05) is 30.3 Å². The molecule has 1 amide bonds. The van der Waals surface area contributed by atoms with E-state index in [0.29, 0.717) is 28.3 Å². The molecule has 1 aliphatic heterocycles.